The van der Waals surface area contributed by atoms with E-state index in [0.29, 0.717) is 0 Å². The molecule has 0 aromatic carbocycles. The monoisotopic (exact) mass is 144 g/mol. The fourth-order valence-corrected chi connectivity index (χ4v) is 0.386. The summed E-state index contributed by atoms with van der Waals surface area (Å²) in [6, 6.07) is 0. The molecule has 0 fully saturated rings. The number of hydrogen-bond donors (Lipinski definition) is 0. The maximum atomic E-state index is 11.1. The molecule has 0 unspecified atom stereocenters. The third-order valence-electron chi connectivity index (χ3n) is 0.315. The molecular weight excluding hydrogens is 141 g/mol. The molecular formula is C2H3F3O2Si. The average molecular weight is 144 g/mol. The molecule has 0 N–H and O–H groups in total. The van der Waals surface area contributed by atoms with Gasteiger partial charge >= 0.3 is 9.08 Å². The molecule has 2 nitrogen and oxygen atoms in total. The molecule has 48 valence electrons. The molecule has 0 amide bonds. The number of hydrogen-bond acceptors (Lipinski definition) is 2. The zero-order valence-electron chi connectivity index (χ0n) is 3.73. The van der Waals surface area contributed by atoms with Crippen LogP contribution in [0.2, 0.25) is 0 Å². The highest BCUT2D eigenvalue weighted by molar-refractivity contribution is 6.58. The number of carbonyl (C=O) groups excluding carboxylic acids is 1. The molecule has 6 heteroatoms. The molecule has 0 saturated heterocycles. The highest BCUT2D eigenvalue weighted by Gasteiger charge is 2.37. The second-order valence-corrected chi connectivity index (χ2v) is 2.54. The van der Waals surface area contributed by atoms with Crippen LogP contribution in [0.3, 0.4) is 0 Å². The van der Waals surface area contributed by atoms with Crippen LogP contribution in [0.15, 0.2) is 0 Å². The van der Waals surface area contributed by atoms with Crippen LogP contribution < -0.4 is 0 Å². The highest BCUT2D eigenvalue weighted by atomic mass is 28.5. The van der Waals surface area contributed by atoms with Crippen molar-refractivity contribution in [2.24, 2.45) is 0 Å². The number of rotatable bonds is 3. The van der Waals surface area contributed by atoms with Gasteiger partial charge in [-0.15, -0.1) is 0 Å². The van der Waals surface area contributed by atoms with Crippen molar-refractivity contribution in [2.75, 3.05) is 6.23 Å². The van der Waals surface area contributed by atoms with E-state index in [-0.39, 0.29) is 6.47 Å². The molecule has 0 rings (SSSR count). The normalized spacial score (nSPS) is 10.9. The van der Waals surface area contributed by atoms with Crippen LogP contribution in [0.25, 0.3) is 0 Å². The van der Waals surface area contributed by atoms with Crippen molar-refractivity contribution >= 4 is 15.5 Å². The van der Waals surface area contributed by atoms with Gasteiger partial charge in [-0.3, -0.25) is 4.79 Å². The first-order valence-corrected chi connectivity index (χ1v) is 3.52. The maximum absolute atomic E-state index is 11.1. The van der Waals surface area contributed by atoms with E-state index in [4.69, 9.17) is 4.79 Å². The molecule has 0 spiro atoms. The van der Waals surface area contributed by atoms with E-state index in [9.17, 15) is 12.3 Å². The van der Waals surface area contributed by atoms with Crippen molar-refractivity contribution in [3.05, 3.63) is 0 Å². The Bertz CT molecular complexity index is 79.8. The Morgan fingerprint density at radius 3 is 2.12 bits per heavy atom. The van der Waals surface area contributed by atoms with Gasteiger partial charge in [-0.1, -0.05) is 0 Å². The summed E-state index contributed by atoms with van der Waals surface area (Å²) >= 11 is 0. The van der Waals surface area contributed by atoms with Gasteiger partial charge in [0.25, 0.3) is 6.47 Å². The Balaban J connectivity index is 3.24. The lowest BCUT2D eigenvalue weighted by molar-refractivity contribution is -0.127. The van der Waals surface area contributed by atoms with E-state index in [1.165, 1.54) is 0 Å². The minimum absolute atomic E-state index is 0.208. The van der Waals surface area contributed by atoms with Crippen LogP contribution in [0, 0.1) is 0 Å². The molecule has 0 aromatic heterocycles. The van der Waals surface area contributed by atoms with Gasteiger partial charge in [-0.05, 0) is 0 Å². The summed E-state index contributed by atoms with van der Waals surface area (Å²) in [4.78, 5) is 9.15. The molecule has 0 heterocycles. The van der Waals surface area contributed by atoms with Crippen LogP contribution in [-0.2, 0) is 9.53 Å². The predicted octanol–water partition coefficient (Wildman–Crippen LogP) is 0.546. The Kier molecular flexibility index (Phi) is 2.53. The molecule has 0 aliphatic heterocycles. The first-order chi connectivity index (χ1) is 3.56. The van der Waals surface area contributed by atoms with Gasteiger partial charge in [-0.25, -0.2) is 12.3 Å². The quantitative estimate of drug-likeness (QED) is 0.328. The second kappa shape index (κ2) is 2.70. The lowest BCUT2D eigenvalue weighted by Gasteiger charge is -1.96. The van der Waals surface area contributed by atoms with Crippen molar-refractivity contribution < 1.29 is 21.9 Å². The van der Waals surface area contributed by atoms with Gasteiger partial charge < -0.3 is 4.74 Å². The molecule has 8 heavy (non-hydrogen) atoms. The summed E-state index contributed by atoms with van der Waals surface area (Å²) in [5.74, 6) is 0. The summed E-state index contributed by atoms with van der Waals surface area (Å²) in [6.07, 6.45) is -1.36. The smallest absolute Gasteiger partial charge is 0.462 e. The molecule has 0 aliphatic carbocycles. The van der Waals surface area contributed by atoms with E-state index in [1.807, 2.05) is 0 Å². The standard InChI is InChI=1S/C2H3F3O2Si/c3-8(4,5)2-7-1-6/h1H,2H2. The van der Waals surface area contributed by atoms with Crippen molar-refractivity contribution in [2.45, 2.75) is 0 Å². The predicted molar refractivity (Wildman–Crippen MR) is 21.1 cm³/mol. The zero-order chi connectivity index (χ0) is 6.62. The van der Waals surface area contributed by atoms with Crippen LogP contribution in [0.4, 0.5) is 12.3 Å². The Labute approximate surface area is 44.8 Å². The number of carbonyl (C=O) groups is 1. The van der Waals surface area contributed by atoms with E-state index < -0.39 is 15.3 Å². The maximum Gasteiger partial charge on any atom is 0.656 e. The van der Waals surface area contributed by atoms with Crippen molar-refractivity contribution in [3.63, 3.8) is 0 Å². The van der Waals surface area contributed by atoms with Gasteiger partial charge in [0.05, 0.1) is 0 Å². The van der Waals surface area contributed by atoms with E-state index in [0.717, 1.165) is 0 Å². The Hall–Kier alpha value is -0.523. The van der Waals surface area contributed by atoms with E-state index >= 15 is 0 Å². The van der Waals surface area contributed by atoms with Gasteiger partial charge in [0.15, 0.2) is 6.23 Å². The molecule has 0 aromatic rings. The molecule has 0 aliphatic rings. The Morgan fingerprint density at radius 2 is 2.00 bits per heavy atom. The van der Waals surface area contributed by atoms with Gasteiger partial charge in [0.2, 0.25) is 0 Å². The molecule has 0 radical (unpaired) electrons. The summed E-state index contributed by atoms with van der Waals surface area (Å²) in [5.41, 5.74) is 0. The molecule has 0 bridgehead atoms. The first kappa shape index (κ1) is 7.48. The minimum atomic E-state index is -5.63. The molecule has 0 atom stereocenters. The van der Waals surface area contributed by atoms with Crippen molar-refractivity contribution in [3.8, 4) is 0 Å². The van der Waals surface area contributed by atoms with E-state index in [1.54, 1.807) is 0 Å². The van der Waals surface area contributed by atoms with Crippen LogP contribution in [0.5, 0.6) is 0 Å². The summed E-state index contributed by atoms with van der Waals surface area (Å²) in [7, 11) is -5.63. The third kappa shape index (κ3) is 5.48. The summed E-state index contributed by atoms with van der Waals surface area (Å²) in [6.45, 7) is -0.208. The van der Waals surface area contributed by atoms with Crippen molar-refractivity contribution in [1.82, 2.24) is 0 Å². The zero-order valence-corrected chi connectivity index (χ0v) is 4.73. The SMILES string of the molecule is O=COC[Si](F)(F)F. The van der Waals surface area contributed by atoms with E-state index in [2.05, 4.69) is 4.74 Å². The fraction of sp³-hybridized carbons (Fsp3) is 0.500. The van der Waals surface area contributed by atoms with Gasteiger partial charge in [-0.2, -0.15) is 0 Å². The third-order valence-corrected chi connectivity index (χ3v) is 0.809. The van der Waals surface area contributed by atoms with Crippen LogP contribution in [0.1, 0.15) is 0 Å². The molecule has 0 saturated carbocycles. The lowest BCUT2D eigenvalue weighted by Crippen LogP contribution is -2.23. The number of ether oxygens (including phenoxy) is 1. The first-order valence-electron chi connectivity index (χ1n) is 1.68. The van der Waals surface area contributed by atoms with Crippen LogP contribution in [-0.4, -0.2) is 21.8 Å². The topological polar surface area (TPSA) is 26.3 Å². The fourth-order valence-electron chi connectivity index (χ4n) is 0.129. The van der Waals surface area contributed by atoms with Gasteiger partial charge in [0, 0.05) is 0 Å². The minimum Gasteiger partial charge on any atom is -0.462 e. The lowest BCUT2D eigenvalue weighted by atomic mass is 11.5. The van der Waals surface area contributed by atoms with Crippen molar-refractivity contribution in [1.29, 1.82) is 0 Å². The number of halogens is 3. The summed E-state index contributed by atoms with van der Waals surface area (Å²) < 4.78 is 36.7. The Morgan fingerprint density at radius 1 is 1.50 bits per heavy atom. The van der Waals surface area contributed by atoms with Crippen LogP contribution >= 0.6 is 0 Å². The largest absolute Gasteiger partial charge is 0.656 e. The van der Waals surface area contributed by atoms with Gasteiger partial charge in [0.1, 0.15) is 0 Å². The summed E-state index contributed by atoms with van der Waals surface area (Å²) in [5, 5.41) is 0. The average Bonchev–Trinajstić information content (AvgIpc) is 1.59. The highest BCUT2D eigenvalue weighted by Crippen LogP contribution is 2.06. The second-order valence-electron chi connectivity index (χ2n) is 1.02.